The minimum absolute atomic E-state index is 0.0388. The van der Waals surface area contributed by atoms with Crippen molar-refractivity contribution >= 4 is 38.9 Å². The molecular formula is C23H23ClN2O5S. The molecule has 0 aliphatic carbocycles. The lowest BCUT2D eigenvalue weighted by Gasteiger charge is -2.26. The molecule has 0 radical (unpaired) electrons. The molecule has 0 bridgehead atoms. The van der Waals surface area contributed by atoms with Gasteiger partial charge in [0.1, 0.15) is 12.3 Å². The van der Waals surface area contributed by atoms with Crippen molar-refractivity contribution in [3.05, 3.63) is 83.4 Å². The SMILES string of the molecule is COCc1cccc(NC(=O)CN(c2cc(Cl)ccc2OC)S(=O)(=O)c2ccccc2)c1. The maximum absolute atomic E-state index is 13.5. The lowest BCUT2D eigenvalue weighted by atomic mass is 10.2. The molecule has 0 aliphatic rings. The van der Waals surface area contributed by atoms with E-state index in [9.17, 15) is 13.2 Å². The third-order valence-electron chi connectivity index (χ3n) is 4.55. The Morgan fingerprint density at radius 2 is 1.75 bits per heavy atom. The van der Waals surface area contributed by atoms with Gasteiger partial charge in [0.05, 0.1) is 24.3 Å². The first-order chi connectivity index (χ1) is 15.3. The lowest BCUT2D eigenvalue weighted by molar-refractivity contribution is -0.114. The van der Waals surface area contributed by atoms with Gasteiger partial charge in [-0.25, -0.2) is 8.42 Å². The second-order valence-corrected chi connectivity index (χ2v) is 9.12. The van der Waals surface area contributed by atoms with Crippen molar-refractivity contribution in [3.63, 3.8) is 0 Å². The highest BCUT2D eigenvalue weighted by Gasteiger charge is 2.29. The molecule has 0 unspecified atom stereocenters. The van der Waals surface area contributed by atoms with Crippen molar-refractivity contribution in [1.82, 2.24) is 0 Å². The van der Waals surface area contributed by atoms with E-state index in [1.165, 1.54) is 25.3 Å². The average Bonchev–Trinajstić information content (AvgIpc) is 2.78. The molecule has 3 rings (SSSR count). The van der Waals surface area contributed by atoms with Crippen molar-refractivity contribution in [2.24, 2.45) is 0 Å². The molecule has 0 saturated heterocycles. The zero-order valence-electron chi connectivity index (χ0n) is 17.6. The fourth-order valence-electron chi connectivity index (χ4n) is 3.11. The summed E-state index contributed by atoms with van der Waals surface area (Å²) in [6.07, 6.45) is 0. The third kappa shape index (κ3) is 5.59. The Morgan fingerprint density at radius 3 is 2.44 bits per heavy atom. The highest BCUT2D eigenvalue weighted by atomic mass is 35.5. The van der Waals surface area contributed by atoms with Crippen molar-refractivity contribution in [3.8, 4) is 5.75 Å². The van der Waals surface area contributed by atoms with E-state index in [1.54, 1.807) is 55.6 Å². The van der Waals surface area contributed by atoms with Crippen LogP contribution in [0.2, 0.25) is 5.02 Å². The van der Waals surface area contributed by atoms with Gasteiger partial charge >= 0.3 is 0 Å². The van der Waals surface area contributed by atoms with Crippen molar-refractivity contribution in [2.75, 3.05) is 30.4 Å². The maximum atomic E-state index is 13.5. The van der Waals surface area contributed by atoms with Crippen LogP contribution in [0.3, 0.4) is 0 Å². The van der Waals surface area contributed by atoms with Gasteiger partial charge in [-0.05, 0) is 48.0 Å². The Labute approximate surface area is 192 Å². The van der Waals surface area contributed by atoms with Gasteiger partial charge in [0.25, 0.3) is 10.0 Å². The van der Waals surface area contributed by atoms with Gasteiger partial charge in [0, 0.05) is 17.8 Å². The normalized spacial score (nSPS) is 11.1. The molecule has 0 atom stereocenters. The molecule has 3 aromatic rings. The second-order valence-electron chi connectivity index (χ2n) is 6.82. The number of hydrogen-bond acceptors (Lipinski definition) is 5. The van der Waals surface area contributed by atoms with Gasteiger partial charge in [0.2, 0.25) is 5.91 Å². The van der Waals surface area contributed by atoms with Crippen LogP contribution >= 0.6 is 11.6 Å². The predicted octanol–water partition coefficient (Wildman–Crippen LogP) is 4.33. The maximum Gasteiger partial charge on any atom is 0.264 e. The summed E-state index contributed by atoms with van der Waals surface area (Å²) >= 11 is 6.14. The Balaban J connectivity index is 1.97. The number of methoxy groups -OCH3 is 2. The van der Waals surface area contributed by atoms with E-state index in [1.807, 2.05) is 6.07 Å². The van der Waals surface area contributed by atoms with Gasteiger partial charge in [-0.2, -0.15) is 0 Å². The summed E-state index contributed by atoms with van der Waals surface area (Å²) in [6, 6.07) is 19.6. The zero-order chi connectivity index (χ0) is 23.1. The molecular weight excluding hydrogens is 452 g/mol. The molecule has 0 fully saturated rings. The summed E-state index contributed by atoms with van der Waals surface area (Å²) in [5.41, 5.74) is 1.56. The third-order valence-corrected chi connectivity index (χ3v) is 6.56. The topological polar surface area (TPSA) is 84.9 Å². The quantitative estimate of drug-likeness (QED) is 0.499. The summed E-state index contributed by atoms with van der Waals surface area (Å²) in [5, 5.41) is 3.05. The fourth-order valence-corrected chi connectivity index (χ4v) is 4.72. The van der Waals surface area contributed by atoms with Gasteiger partial charge in [-0.1, -0.05) is 41.9 Å². The van der Waals surface area contributed by atoms with Crippen LogP contribution in [0.1, 0.15) is 5.56 Å². The number of hydrogen-bond donors (Lipinski definition) is 1. The van der Waals surface area contributed by atoms with E-state index in [0.29, 0.717) is 17.3 Å². The summed E-state index contributed by atoms with van der Waals surface area (Å²) in [7, 11) is -1.10. The van der Waals surface area contributed by atoms with Crippen molar-refractivity contribution < 1.29 is 22.7 Å². The molecule has 9 heteroatoms. The molecule has 1 N–H and O–H groups in total. The number of sulfonamides is 1. The van der Waals surface area contributed by atoms with Crippen LogP contribution < -0.4 is 14.4 Å². The van der Waals surface area contributed by atoms with Gasteiger partial charge in [-0.15, -0.1) is 0 Å². The fraction of sp³-hybridized carbons (Fsp3) is 0.174. The average molecular weight is 475 g/mol. The molecule has 0 aromatic heterocycles. The van der Waals surface area contributed by atoms with Crippen LogP contribution in [-0.2, 0) is 26.2 Å². The minimum Gasteiger partial charge on any atom is -0.495 e. The highest BCUT2D eigenvalue weighted by molar-refractivity contribution is 7.92. The number of carbonyl (C=O) groups is 1. The van der Waals surface area contributed by atoms with E-state index in [-0.39, 0.29) is 16.3 Å². The number of rotatable bonds is 9. The number of nitrogens with one attached hydrogen (secondary N) is 1. The number of carbonyl (C=O) groups excluding carboxylic acids is 1. The van der Waals surface area contributed by atoms with E-state index in [4.69, 9.17) is 21.1 Å². The Morgan fingerprint density at radius 1 is 1.00 bits per heavy atom. The monoisotopic (exact) mass is 474 g/mol. The van der Waals surface area contributed by atoms with E-state index in [2.05, 4.69) is 5.32 Å². The number of ether oxygens (including phenoxy) is 2. The molecule has 0 aliphatic heterocycles. The van der Waals surface area contributed by atoms with Crippen LogP contribution in [0.25, 0.3) is 0 Å². The number of amides is 1. The molecule has 0 spiro atoms. The number of benzene rings is 3. The summed E-state index contributed by atoms with van der Waals surface area (Å²) in [4.78, 5) is 12.9. The second kappa shape index (κ2) is 10.5. The van der Waals surface area contributed by atoms with E-state index < -0.39 is 22.5 Å². The smallest absolute Gasteiger partial charge is 0.264 e. The van der Waals surface area contributed by atoms with Crippen LogP contribution in [0.5, 0.6) is 5.75 Å². The number of halogens is 1. The standard InChI is InChI=1S/C23H23ClN2O5S/c1-30-16-17-7-6-8-19(13-17)25-23(27)15-26(21-14-18(24)11-12-22(21)31-2)32(28,29)20-9-4-3-5-10-20/h3-14H,15-16H2,1-2H3,(H,25,27). The Kier molecular flexibility index (Phi) is 7.74. The van der Waals surface area contributed by atoms with Crippen LogP contribution in [0.15, 0.2) is 77.7 Å². The highest BCUT2D eigenvalue weighted by Crippen LogP contribution is 2.34. The molecule has 1 amide bonds. The van der Waals surface area contributed by atoms with E-state index >= 15 is 0 Å². The first-order valence-corrected chi connectivity index (χ1v) is 11.5. The summed E-state index contributed by atoms with van der Waals surface area (Å²) in [6.45, 7) is -0.0969. The number of anilines is 2. The first-order valence-electron chi connectivity index (χ1n) is 9.64. The molecule has 0 saturated carbocycles. The van der Waals surface area contributed by atoms with E-state index in [0.717, 1.165) is 9.87 Å². The largest absolute Gasteiger partial charge is 0.495 e. The minimum atomic E-state index is -4.09. The van der Waals surface area contributed by atoms with Crippen molar-refractivity contribution in [1.29, 1.82) is 0 Å². The Bertz CT molecular complexity index is 1190. The molecule has 3 aromatic carbocycles. The lowest BCUT2D eigenvalue weighted by Crippen LogP contribution is -2.38. The molecule has 0 heterocycles. The summed E-state index contributed by atoms with van der Waals surface area (Å²) < 4.78 is 38.4. The Hall–Kier alpha value is -3.07. The van der Waals surface area contributed by atoms with Gasteiger partial charge < -0.3 is 14.8 Å². The first kappa shape index (κ1) is 23.6. The molecule has 168 valence electrons. The molecule has 7 nitrogen and oxygen atoms in total. The number of nitrogens with zero attached hydrogens (tertiary/aromatic N) is 1. The van der Waals surface area contributed by atoms with Crippen molar-refractivity contribution in [2.45, 2.75) is 11.5 Å². The zero-order valence-corrected chi connectivity index (χ0v) is 19.2. The molecule has 32 heavy (non-hydrogen) atoms. The predicted molar refractivity (Wildman–Crippen MR) is 125 cm³/mol. The van der Waals surface area contributed by atoms with Gasteiger partial charge in [0.15, 0.2) is 0 Å². The van der Waals surface area contributed by atoms with Gasteiger partial charge in [-0.3, -0.25) is 9.10 Å². The van der Waals surface area contributed by atoms with Crippen LogP contribution in [0, 0.1) is 0 Å². The van der Waals surface area contributed by atoms with Crippen LogP contribution in [0.4, 0.5) is 11.4 Å². The van der Waals surface area contributed by atoms with Crippen LogP contribution in [-0.4, -0.2) is 35.1 Å². The summed E-state index contributed by atoms with van der Waals surface area (Å²) in [5.74, 6) is -0.259.